The van der Waals surface area contributed by atoms with Crippen LogP contribution in [0, 0.1) is 0 Å². The van der Waals surface area contributed by atoms with Crippen LogP contribution in [0.3, 0.4) is 0 Å². The van der Waals surface area contributed by atoms with Gasteiger partial charge >= 0.3 is 0 Å². The summed E-state index contributed by atoms with van der Waals surface area (Å²) < 4.78 is 1.08. The first-order valence-corrected chi connectivity index (χ1v) is 10.4. The first-order chi connectivity index (χ1) is 12.7. The molecule has 0 N–H and O–H groups in total. The first-order valence-electron chi connectivity index (χ1n) is 9.58. The lowest BCUT2D eigenvalue weighted by Crippen LogP contribution is -2.30. The molecule has 2 saturated heterocycles. The first kappa shape index (κ1) is 17.7. The van der Waals surface area contributed by atoms with Crippen LogP contribution in [0.15, 0.2) is 53.0 Å². The fourth-order valence-electron chi connectivity index (χ4n) is 4.21. The number of hydrogen-bond acceptors (Lipinski definition) is 2. The second-order valence-electron chi connectivity index (χ2n) is 7.39. The standard InChI is InChI=1S/C22H25BrN2O/c23-20-10-8-18(9-11-20)21-7-4-14-25(21)22(26)19-6-3-5-17(15-19)16-24-12-1-2-13-24/h3,5-6,8-11,15,21H,1-2,4,7,12-14,16H2. The van der Waals surface area contributed by atoms with Gasteiger partial charge in [0.1, 0.15) is 0 Å². The van der Waals surface area contributed by atoms with Crippen molar-refractivity contribution in [2.24, 2.45) is 0 Å². The van der Waals surface area contributed by atoms with Gasteiger partial charge in [0.2, 0.25) is 0 Å². The number of benzene rings is 2. The third kappa shape index (κ3) is 3.86. The molecule has 0 saturated carbocycles. The maximum absolute atomic E-state index is 13.2. The molecule has 0 aromatic heterocycles. The summed E-state index contributed by atoms with van der Waals surface area (Å²) >= 11 is 3.49. The van der Waals surface area contributed by atoms with Crippen LogP contribution in [-0.2, 0) is 6.54 Å². The summed E-state index contributed by atoms with van der Waals surface area (Å²) in [6.45, 7) is 4.15. The monoisotopic (exact) mass is 412 g/mol. The Morgan fingerprint density at radius 2 is 1.77 bits per heavy atom. The Balaban J connectivity index is 1.51. The van der Waals surface area contributed by atoms with Gasteiger partial charge in [0.05, 0.1) is 6.04 Å². The highest BCUT2D eigenvalue weighted by Gasteiger charge is 2.30. The van der Waals surface area contributed by atoms with E-state index in [1.54, 1.807) is 0 Å². The zero-order chi connectivity index (χ0) is 17.9. The predicted molar refractivity (Wildman–Crippen MR) is 108 cm³/mol. The molecule has 2 aliphatic heterocycles. The number of hydrogen-bond donors (Lipinski definition) is 0. The van der Waals surface area contributed by atoms with Crippen molar-refractivity contribution in [2.75, 3.05) is 19.6 Å². The van der Waals surface area contributed by atoms with E-state index in [9.17, 15) is 4.79 Å². The third-order valence-corrected chi connectivity index (χ3v) is 6.08. The van der Waals surface area contributed by atoms with Gasteiger partial charge in [-0.25, -0.2) is 0 Å². The second-order valence-corrected chi connectivity index (χ2v) is 8.31. The molecular weight excluding hydrogens is 388 g/mol. The molecule has 2 aromatic carbocycles. The molecule has 4 rings (SSSR count). The number of likely N-dealkylation sites (tertiary alicyclic amines) is 2. The van der Waals surface area contributed by atoms with E-state index in [1.807, 2.05) is 12.1 Å². The topological polar surface area (TPSA) is 23.6 Å². The Labute approximate surface area is 164 Å². The van der Waals surface area contributed by atoms with E-state index in [4.69, 9.17) is 0 Å². The van der Waals surface area contributed by atoms with E-state index in [-0.39, 0.29) is 11.9 Å². The zero-order valence-corrected chi connectivity index (χ0v) is 16.6. The maximum atomic E-state index is 13.2. The zero-order valence-electron chi connectivity index (χ0n) is 15.0. The van der Waals surface area contributed by atoms with Gasteiger partial charge in [0.25, 0.3) is 5.91 Å². The van der Waals surface area contributed by atoms with E-state index in [2.05, 4.69) is 62.1 Å². The molecule has 0 spiro atoms. The Kier molecular flexibility index (Phi) is 5.41. The van der Waals surface area contributed by atoms with Crippen molar-refractivity contribution in [1.29, 1.82) is 0 Å². The van der Waals surface area contributed by atoms with Crippen LogP contribution in [-0.4, -0.2) is 35.3 Å². The SMILES string of the molecule is O=C(c1cccc(CN2CCCC2)c1)N1CCCC1c1ccc(Br)cc1. The highest BCUT2D eigenvalue weighted by molar-refractivity contribution is 9.10. The fourth-order valence-corrected chi connectivity index (χ4v) is 4.47. The molecule has 26 heavy (non-hydrogen) atoms. The Morgan fingerprint density at radius 3 is 2.54 bits per heavy atom. The van der Waals surface area contributed by atoms with E-state index in [1.165, 1.54) is 37.1 Å². The number of carbonyl (C=O) groups excluding carboxylic acids is 1. The van der Waals surface area contributed by atoms with Gasteiger partial charge in [-0.3, -0.25) is 9.69 Å². The Bertz CT molecular complexity index is 768. The second kappa shape index (κ2) is 7.93. The average molecular weight is 413 g/mol. The lowest BCUT2D eigenvalue weighted by Gasteiger charge is -2.25. The summed E-state index contributed by atoms with van der Waals surface area (Å²) in [5.74, 6) is 0.165. The van der Waals surface area contributed by atoms with E-state index in [0.717, 1.165) is 36.0 Å². The van der Waals surface area contributed by atoms with Crippen molar-refractivity contribution in [3.05, 3.63) is 69.7 Å². The van der Waals surface area contributed by atoms with E-state index >= 15 is 0 Å². The molecule has 3 nitrogen and oxygen atoms in total. The van der Waals surface area contributed by atoms with Crippen molar-refractivity contribution >= 4 is 21.8 Å². The van der Waals surface area contributed by atoms with Gasteiger partial charge in [-0.05, 0) is 74.2 Å². The third-order valence-electron chi connectivity index (χ3n) is 5.55. The highest BCUT2D eigenvalue weighted by Crippen LogP contribution is 2.33. The van der Waals surface area contributed by atoms with Gasteiger partial charge in [0, 0.05) is 23.1 Å². The molecule has 1 atom stereocenters. The van der Waals surface area contributed by atoms with Crippen molar-refractivity contribution in [2.45, 2.75) is 38.3 Å². The van der Waals surface area contributed by atoms with Crippen LogP contribution >= 0.6 is 15.9 Å². The molecule has 0 radical (unpaired) electrons. The summed E-state index contributed by atoms with van der Waals surface area (Å²) in [6, 6.07) is 16.8. The van der Waals surface area contributed by atoms with Gasteiger partial charge < -0.3 is 4.90 Å². The smallest absolute Gasteiger partial charge is 0.254 e. The van der Waals surface area contributed by atoms with Crippen LogP contribution in [0.4, 0.5) is 0 Å². The summed E-state index contributed by atoms with van der Waals surface area (Å²) in [7, 11) is 0. The summed E-state index contributed by atoms with van der Waals surface area (Å²) in [4.78, 5) is 17.7. The van der Waals surface area contributed by atoms with Crippen molar-refractivity contribution < 1.29 is 4.79 Å². The molecule has 2 aliphatic rings. The quantitative estimate of drug-likeness (QED) is 0.703. The number of amides is 1. The van der Waals surface area contributed by atoms with Crippen LogP contribution in [0.1, 0.15) is 53.2 Å². The number of rotatable bonds is 4. The van der Waals surface area contributed by atoms with Crippen LogP contribution < -0.4 is 0 Å². The number of halogens is 1. The highest BCUT2D eigenvalue weighted by atomic mass is 79.9. The lowest BCUT2D eigenvalue weighted by atomic mass is 10.0. The molecular formula is C22H25BrN2O. The average Bonchev–Trinajstić information content (AvgIpc) is 3.34. The molecule has 136 valence electrons. The van der Waals surface area contributed by atoms with E-state index in [0.29, 0.717) is 0 Å². The minimum Gasteiger partial charge on any atom is -0.332 e. The Hall–Kier alpha value is -1.65. The van der Waals surface area contributed by atoms with Crippen LogP contribution in [0.2, 0.25) is 0 Å². The number of nitrogens with zero attached hydrogens (tertiary/aromatic N) is 2. The largest absolute Gasteiger partial charge is 0.332 e. The molecule has 2 fully saturated rings. The molecule has 4 heteroatoms. The predicted octanol–water partition coefficient (Wildman–Crippen LogP) is 5.02. The minimum absolute atomic E-state index is 0.165. The summed E-state index contributed by atoms with van der Waals surface area (Å²) in [6.07, 6.45) is 4.70. The van der Waals surface area contributed by atoms with Gasteiger partial charge in [0.15, 0.2) is 0 Å². The van der Waals surface area contributed by atoms with Crippen molar-refractivity contribution in [1.82, 2.24) is 9.80 Å². The van der Waals surface area contributed by atoms with Crippen molar-refractivity contribution in [3.63, 3.8) is 0 Å². The minimum atomic E-state index is 0.165. The normalized spacial score (nSPS) is 20.7. The van der Waals surface area contributed by atoms with Crippen LogP contribution in [0.25, 0.3) is 0 Å². The summed E-state index contributed by atoms with van der Waals surface area (Å²) in [5.41, 5.74) is 3.30. The van der Waals surface area contributed by atoms with Gasteiger partial charge in [-0.15, -0.1) is 0 Å². The fraction of sp³-hybridized carbons (Fsp3) is 0.409. The van der Waals surface area contributed by atoms with Gasteiger partial charge in [-0.2, -0.15) is 0 Å². The lowest BCUT2D eigenvalue weighted by molar-refractivity contribution is 0.0735. The molecule has 1 amide bonds. The molecule has 2 aromatic rings. The molecule has 0 aliphatic carbocycles. The molecule has 2 heterocycles. The molecule has 0 bridgehead atoms. The van der Waals surface area contributed by atoms with E-state index < -0.39 is 0 Å². The van der Waals surface area contributed by atoms with Gasteiger partial charge in [-0.1, -0.05) is 40.2 Å². The summed E-state index contributed by atoms with van der Waals surface area (Å²) in [5, 5.41) is 0. The number of carbonyl (C=O) groups is 1. The van der Waals surface area contributed by atoms with Crippen molar-refractivity contribution in [3.8, 4) is 0 Å². The van der Waals surface area contributed by atoms with Crippen LogP contribution in [0.5, 0.6) is 0 Å². The Morgan fingerprint density at radius 1 is 1.00 bits per heavy atom. The molecule has 1 unspecified atom stereocenters. The maximum Gasteiger partial charge on any atom is 0.254 e.